The molecular weight excluding hydrogens is 332 g/mol. The number of ether oxygens (including phenoxy) is 1. The Balaban J connectivity index is 1.74. The smallest absolute Gasteiger partial charge is 0.244 e. The maximum absolute atomic E-state index is 11.8. The number of thiocarbonyl (C=S) groups is 1. The first-order valence-electron chi connectivity index (χ1n) is 7.06. The summed E-state index contributed by atoms with van der Waals surface area (Å²) in [5.74, 6) is 0.593. The average Bonchev–Trinajstić information content (AvgIpc) is 2.92. The molecule has 1 amide bonds. The predicted molar refractivity (Wildman–Crippen MR) is 95.7 cm³/mol. The highest BCUT2D eigenvalue weighted by molar-refractivity contribution is 7.80. The molecule has 2 rings (SSSR count). The third-order valence-corrected chi connectivity index (χ3v) is 3.77. The van der Waals surface area contributed by atoms with Gasteiger partial charge in [-0.3, -0.25) is 15.6 Å². The molecule has 0 aliphatic heterocycles. The predicted octanol–water partition coefficient (Wildman–Crippen LogP) is 2.41. The van der Waals surface area contributed by atoms with E-state index in [0.717, 1.165) is 22.1 Å². The van der Waals surface area contributed by atoms with Crippen LogP contribution < -0.4 is 20.9 Å². The normalized spacial score (nSPS) is 10.0. The van der Waals surface area contributed by atoms with Gasteiger partial charge in [-0.1, -0.05) is 0 Å². The van der Waals surface area contributed by atoms with Crippen molar-refractivity contribution in [3.63, 3.8) is 0 Å². The first-order valence-corrected chi connectivity index (χ1v) is 8.35. The summed E-state index contributed by atoms with van der Waals surface area (Å²) >= 11 is 6.64. The molecule has 0 saturated heterocycles. The molecule has 23 heavy (non-hydrogen) atoms. The lowest BCUT2D eigenvalue weighted by Crippen LogP contribution is -2.44. The second kappa shape index (κ2) is 8.44. The molecule has 8 heteroatoms. The summed E-state index contributed by atoms with van der Waals surface area (Å²) in [6.45, 7) is 4.46. The van der Waals surface area contributed by atoms with Crippen molar-refractivity contribution in [2.24, 2.45) is 0 Å². The van der Waals surface area contributed by atoms with Crippen LogP contribution in [0.3, 0.4) is 0 Å². The molecule has 0 saturated carbocycles. The first kappa shape index (κ1) is 17.2. The average molecular weight is 350 g/mol. The summed E-state index contributed by atoms with van der Waals surface area (Å²) in [4.78, 5) is 16.0. The highest BCUT2D eigenvalue weighted by Crippen LogP contribution is 2.15. The lowest BCUT2D eigenvalue weighted by molar-refractivity contribution is -0.121. The standard InChI is InChI=1S/C15H18N4O2S2/c1-3-21-13-6-4-11(5-7-13)17-15(22)19-18-14(20)8-12-9-23-10(2)16-12/h4-7,9H,3,8H2,1-2H3,(H,18,20)(H2,17,19,22). The molecule has 0 fully saturated rings. The van der Waals surface area contributed by atoms with E-state index in [1.54, 1.807) is 0 Å². The van der Waals surface area contributed by atoms with Gasteiger partial charge in [-0.05, 0) is 50.3 Å². The fourth-order valence-corrected chi connectivity index (χ4v) is 2.57. The van der Waals surface area contributed by atoms with Gasteiger partial charge in [0.2, 0.25) is 5.91 Å². The van der Waals surface area contributed by atoms with Crippen molar-refractivity contribution >= 4 is 40.3 Å². The number of anilines is 1. The zero-order valence-corrected chi connectivity index (χ0v) is 14.5. The molecule has 0 bridgehead atoms. The number of benzene rings is 1. The highest BCUT2D eigenvalue weighted by Gasteiger charge is 2.06. The largest absolute Gasteiger partial charge is 0.494 e. The Hall–Kier alpha value is -2.19. The van der Waals surface area contributed by atoms with E-state index >= 15 is 0 Å². The third kappa shape index (κ3) is 5.84. The maximum atomic E-state index is 11.8. The van der Waals surface area contributed by atoms with Crippen LogP contribution in [0.15, 0.2) is 29.6 Å². The minimum absolute atomic E-state index is 0.203. The summed E-state index contributed by atoms with van der Waals surface area (Å²) in [6.07, 6.45) is 0.211. The Labute approximate surface area is 144 Å². The van der Waals surface area contributed by atoms with Crippen LogP contribution >= 0.6 is 23.6 Å². The van der Waals surface area contributed by atoms with Gasteiger partial charge in [0.05, 0.1) is 23.7 Å². The monoisotopic (exact) mass is 350 g/mol. The minimum atomic E-state index is -0.203. The zero-order valence-electron chi connectivity index (χ0n) is 12.9. The van der Waals surface area contributed by atoms with Crippen molar-refractivity contribution in [1.29, 1.82) is 0 Å². The molecule has 1 aromatic carbocycles. The number of nitrogens with zero attached hydrogens (tertiary/aromatic N) is 1. The summed E-state index contributed by atoms with van der Waals surface area (Å²) in [5.41, 5.74) is 6.75. The van der Waals surface area contributed by atoms with Gasteiger partial charge in [-0.25, -0.2) is 4.98 Å². The number of aromatic nitrogens is 1. The van der Waals surface area contributed by atoms with Crippen LogP contribution in [0.25, 0.3) is 0 Å². The van der Waals surface area contributed by atoms with E-state index in [1.807, 2.05) is 43.5 Å². The highest BCUT2D eigenvalue weighted by atomic mass is 32.1. The van der Waals surface area contributed by atoms with E-state index in [1.165, 1.54) is 11.3 Å². The molecule has 3 N–H and O–H groups in total. The molecule has 1 heterocycles. The van der Waals surface area contributed by atoms with Gasteiger partial charge in [0.25, 0.3) is 0 Å². The van der Waals surface area contributed by atoms with Crippen LogP contribution in [-0.4, -0.2) is 22.6 Å². The van der Waals surface area contributed by atoms with Crippen LogP contribution in [0.5, 0.6) is 5.75 Å². The van der Waals surface area contributed by atoms with Gasteiger partial charge in [0, 0.05) is 11.1 Å². The van der Waals surface area contributed by atoms with Crippen molar-refractivity contribution in [2.45, 2.75) is 20.3 Å². The Morgan fingerprint density at radius 3 is 2.65 bits per heavy atom. The van der Waals surface area contributed by atoms with Crippen molar-refractivity contribution in [3.05, 3.63) is 40.3 Å². The Morgan fingerprint density at radius 2 is 2.04 bits per heavy atom. The molecule has 1 aromatic heterocycles. The molecule has 0 radical (unpaired) electrons. The molecule has 122 valence electrons. The number of hydrazine groups is 1. The maximum Gasteiger partial charge on any atom is 0.244 e. The van der Waals surface area contributed by atoms with Gasteiger partial charge in [-0.2, -0.15) is 0 Å². The van der Waals surface area contributed by atoms with Crippen LogP contribution in [0.1, 0.15) is 17.6 Å². The zero-order chi connectivity index (χ0) is 16.7. The Morgan fingerprint density at radius 1 is 1.30 bits per heavy atom. The number of nitrogens with one attached hydrogen (secondary N) is 3. The molecule has 0 atom stereocenters. The van der Waals surface area contributed by atoms with Crippen LogP contribution in [0.4, 0.5) is 5.69 Å². The van der Waals surface area contributed by atoms with E-state index in [-0.39, 0.29) is 12.3 Å². The Kier molecular flexibility index (Phi) is 6.30. The number of carbonyl (C=O) groups excluding carboxylic acids is 1. The molecule has 0 aliphatic rings. The summed E-state index contributed by atoms with van der Waals surface area (Å²) in [5, 5.41) is 6.08. The van der Waals surface area contributed by atoms with E-state index in [2.05, 4.69) is 21.2 Å². The third-order valence-electron chi connectivity index (χ3n) is 2.75. The van der Waals surface area contributed by atoms with E-state index < -0.39 is 0 Å². The fourth-order valence-electron chi connectivity index (χ4n) is 1.79. The van der Waals surface area contributed by atoms with Gasteiger partial charge < -0.3 is 10.1 Å². The van der Waals surface area contributed by atoms with Crippen molar-refractivity contribution in [3.8, 4) is 5.75 Å². The second-order valence-electron chi connectivity index (χ2n) is 4.62. The number of aryl methyl sites for hydroxylation is 1. The van der Waals surface area contributed by atoms with Crippen molar-refractivity contribution in [1.82, 2.24) is 15.8 Å². The van der Waals surface area contributed by atoms with Crippen molar-refractivity contribution < 1.29 is 9.53 Å². The van der Waals surface area contributed by atoms with Gasteiger partial charge >= 0.3 is 0 Å². The topological polar surface area (TPSA) is 75.3 Å². The summed E-state index contributed by atoms with van der Waals surface area (Å²) < 4.78 is 5.36. The van der Waals surface area contributed by atoms with Crippen LogP contribution in [0, 0.1) is 6.92 Å². The second-order valence-corrected chi connectivity index (χ2v) is 6.09. The quantitative estimate of drug-likeness (QED) is 0.568. The van der Waals surface area contributed by atoms with E-state index in [0.29, 0.717) is 11.7 Å². The first-order chi connectivity index (χ1) is 11.1. The summed E-state index contributed by atoms with van der Waals surface area (Å²) in [7, 11) is 0. The SMILES string of the molecule is CCOc1ccc(NC(=S)NNC(=O)Cc2csc(C)n2)cc1. The van der Waals surface area contributed by atoms with E-state index in [4.69, 9.17) is 17.0 Å². The molecule has 0 unspecified atom stereocenters. The lowest BCUT2D eigenvalue weighted by Gasteiger charge is -2.11. The molecule has 0 spiro atoms. The van der Waals surface area contributed by atoms with Gasteiger partial charge in [0.1, 0.15) is 5.75 Å². The molecule has 6 nitrogen and oxygen atoms in total. The number of carbonyl (C=O) groups is 1. The number of thiazole rings is 1. The van der Waals surface area contributed by atoms with Crippen LogP contribution in [0.2, 0.25) is 0 Å². The molecule has 2 aromatic rings. The Bertz CT molecular complexity index is 670. The number of rotatable bonds is 5. The minimum Gasteiger partial charge on any atom is -0.494 e. The van der Waals surface area contributed by atoms with Gasteiger partial charge in [-0.15, -0.1) is 11.3 Å². The fraction of sp³-hybridized carbons (Fsp3) is 0.267. The summed E-state index contributed by atoms with van der Waals surface area (Å²) in [6, 6.07) is 7.38. The molecular formula is C15H18N4O2S2. The van der Waals surface area contributed by atoms with E-state index in [9.17, 15) is 4.79 Å². The van der Waals surface area contributed by atoms with Crippen molar-refractivity contribution in [2.75, 3.05) is 11.9 Å². The van der Waals surface area contributed by atoms with Gasteiger partial charge in [0.15, 0.2) is 5.11 Å². The number of hydrogen-bond acceptors (Lipinski definition) is 5. The van der Waals surface area contributed by atoms with Crippen LogP contribution in [-0.2, 0) is 11.2 Å². The number of hydrogen-bond donors (Lipinski definition) is 3. The molecule has 0 aliphatic carbocycles. The number of amides is 1. The lowest BCUT2D eigenvalue weighted by atomic mass is 10.3.